The van der Waals surface area contributed by atoms with Crippen molar-refractivity contribution in [1.82, 2.24) is 0 Å². The fraction of sp³-hybridized carbons (Fsp3) is 0.917. The van der Waals surface area contributed by atoms with Gasteiger partial charge in [-0.3, -0.25) is 4.79 Å². The molecule has 136 valence electrons. The number of ether oxygens (including phenoxy) is 2. The molecule has 0 spiro atoms. The Bertz CT molecular complexity index is 376. The second kappa shape index (κ2) is 8.94. The highest BCUT2D eigenvalue weighted by Crippen LogP contribution is 2.24. The number of aliphatic hydroxyl groups excluding tert-OH is 8. The Morgan fingerprint density at radius 2 is 1.65 bits per heavy atom. The van der Waals surface area contributed by atoms with E-state index in [4.69, 9.17) is 24.8 Å². The zero-order valence-electron chi connectivity index (χ0n) is 12.0. The van der Waals surface area contributed by atoms with Crippen molar-refractivity contribution in [3.05, 3.63) is 0 Å². The minimum Gasteiger partial charge on any atom is -0.394 e. The molecule has 1 aliphatic heterocycles. The molecule has 23 heavy (non-hydrogen) atoms. The molecular weight excluding hydrogens is 320 g/mol. The SMILES string of the molecule is O=C(CO)[C@H](O[C@H]1O[C@@H](CO)[C@@H](O)[C@@H](O)[C@@H]1O)[C@@H](O)[C@@H](O)CO. The summed E-state index contributed by atoms with van der Waals surface area (Å²) in [7, 11) is 0. The van der Waals surface area contributed by atoms with Crippen LogP contribution in [0.4, 0.5) is 0 Å². The van der Waals surface area contributed by atoms with Crippen LogP contribution in [-0.2, 0) is 14.3 Å². The number of ketones is 1. The van der Waals surface area contributed by atoms with E-state index in [1.54, 1.807) is 0 Å². The minimum absolute atomic E-state index is 0.731. The third-order valence-corrected chi connectivity index (χ3v) is 3.49. The van der Waals surface area contributed by atoms with E-state index in [-0.39, 0.29) is 0 Å². The maximum Gasteiger partial charge on any atom is 0.189 e. The average molecular weight is 342 g/mol. The number of hydrogen-bond donors (Lipinski definition) is 8. The van der Waals surface area contributed by atoms with Crippen molar-refractivity contribution < 1.29 is 55.1 Å². The summed E-state index contributed by atoms with van der Waals surface area (Å²) in [5.74, 6) is -1.08. The van der Waals surface area contributed by atoms with Crippen molar-refractivity contribution in [2.75, 3.05) is 19.8 Å². The van der Waals surface area contributed by atoms with Crippen LogP contribution in [0.3, 0.4) is 0 Å². The molecule has 1 aliphatic rings. The van der Waals surface area contributed by atoms with Gasteiger partial charge in [-0.2, -0.15) is 0 Å². The Morgan fingerprint density at radius 3 is 2.13 bits per heavy atom. The molecule has 0 aromatic heterocycles. The predicted molar refractivity (Wildman–Crippen MR) is 69.8 cm³/mol. The number of hydrogen-bond acceptors (Lipinski definition) is 11. The molecule has 0 unspecified atom stereocenters. The first-order chi connectivity index (χ1) is 10.8. The van der Waals surface area contributed by atoms with Gasteiger partial charge in [-0.05, 0) is 0 Å². The lowest BCUT2D eigenvalue weighted by atomic mass is 9.98. The molecule has 0 bridgehead atoms. The number of rotatable bonds is 8. The first kappa shape index (κ1) is 20.3. The zero-order chi connectivity index (χ0) is 17.7. The molecule has 0 radical (unpaired) electrons. The Morgan fingerprint density at radius 1 is 1.04 bits per heavy atom. The molecule has 11 nitrogen and oxygen atoms in total. The molecular formula is C12H22O11. The van der Waals surface area contributed by atoms with E-state index in [1.807, 2.05) is 0 Å². The van der Waals surface area contributed by atoms with E-state index in [0.717, 1.165) is 0 Å². The minimum atomic E-state index is -1.95. The van der Waals surface area contributed by atoms with E-state index in [9.17, 15) is 30.3 Å². The van der Waals surface area contributed by atoms with E-state index in [2.05, 4.69) is 0 Å². The Hall–Kier alpha value is -0.730. The summed E-state index contributed by atoms with van der Waals surface area (Å²) >= 11 is 0. The largest absolute Gasteiger partial charge is 0.394 e. The van der Waals surface area contributed by atoms with Crippen LogP contribution in [0, 0.1) is 0 Å². The molecule has 0 amide bonds. The Balaban J connectivity index is 2.91. The van der Waals surface area contributed by atoms with E-state index < -0.39 is 74.6 Å². The summed E-state index contributed by atoms with van der Waals surface area (Å²) < 4.78 is 10.0. The van der Waals surface area contributed by atoms with Crippen LogP contribution in [0.2, 0.25) is 0 Å². The Labute approximate surface area is 130 Å². The second-order valence-corrected chi connectivity index (χ2v) is 5.12. The summed E-state index contributed by atoms with van der Waals surface area (Å²) in [5.41, 5.74) is 0. The lowest BCUT2D eigenvalue weighted by Crippen LogP contribution is -2.61. The fourth-order valence-corrected chi connectivity index (χ4v) is 2.07. The van der Waals surface area contributed by atoms with Gasteiger partial charge in [-0.15, -0.1) is 0 Å². The first-order valence-corrected chi connectivity index (χ1v) is 6.85. The van der Waals surface area contributed by atoms with Crippen molar-refractivity contribution >= 4 is 5.78 Å². The maximum absolute atomic E-state index is 11.6. The third kappa shape index (κ3) is 4.64. The van der Waals surface area contributed by atoms with Gasteiger partial charge in [0.2, 0.25) is 0 Å². The van der Waals surface area contributed by atoms with Crippen molar-refractivity contribution in [1.29, 1.82) is 0 Å². The quantitative estimate of drug-likeness (QED) is 0.209. The van der Waals surface area contributed by atoms with Crippen LogP contribution >= 0.6 is 0 Å². The topological polar surface area (TPSA) is 197 Å². The lowest BCUT2D eigenvalue weighted by molar-refractivity contribution is -0.315. The van der Waals surface area contributed by atoms with Crippen LogP contribution in [0.1, 0.15) is 0 Å². The van der Waals surface area contributed by atoms with Gasteiger partial charge < -0.3 is 50.3 Å². The van der Waals surface area contributed by atoms with E-state index >= 15 is 0 Å². The maximum atomic E-state index is 11.6. The van der Waals surface area contributed by atoms with Crippen LogP contribution in [-0.4, -0.2) is 115 Å². The van der Waals surface area contributed by atoms with Crippen LogP contribution in [0.25, 0.3) is 0 Å². The predicted octanol–water partition coefficient (Wildman–Crippen LogP) is -5.55. The molecule has 11 heteroatoms. The highest BCUT2D eigenvalue weighted by atomic mass is 16.7. The Kier molecular flexibility index (Phi) is 7.89. The van der Waals surface area contributed by atoms with Crippen LogP contribution in [0.15, 0.2) is 0 Å². The average Bonchev–Trinajstić information content (AvgIpc) is 2.57. The summed E-state index contributed by atoms with van der Waals surface area (Å²) in [4.78, 5) is 11.6. The molecule has 8 N–H and O–H groups in total. The summed E-state index contributed by atoms with van der Waals surface area (Å²) in [5, 5.41) is 74.9. The number of carbonyl (C=O) groups excluding carboxylic acids is 1. The molecule has 1 fully saturated rings. The van der Waals surface area contributed by atoms with Crippen molar-refractivity contribution in [2.24, 2.45) is 0 Å². The number of carbonyl (C=O) groups is 1. The van der Waals surface area contributed by atoms with Crippen molar-refractivity contribution in [2.45, 2.75) is 49.0 Å². The van der Waals surface area contributed by atoms with Gasteiger partial charge in [0.15, 0.2) is 12.1 Å². The van der Waals surface area contributed by atoms with Crippen molar-refractivity contribution in [3.63, 3.8) is 0 Å². The highest BCUT2D eigenvalue weighted by Gasteiger charge is 2.46. The first-order valence-electron chi connectivity index (χ1n) is 6.85. The van der Waals surface area contributed by atoms with Gasteiger partial charge >= 0.3 is 0 Å². The van der Waals surface area contributed by atoms with Crippen molar-refractivity contribution in [3.8, 4) is 0 Å². The number of aliphatic hydroxyl groups is 8. The van der Waals surface area contributed by atoms with Gasteiger partial charge in [0.1, 0.15) is 49.3 Å². The molecule has 8 atom stereocenters. The normalized spacial score (nSPS) is 35.6. The van der Waals surface area contributed by atoms with E-state index in [0.29, 0.717) is 0 Å². The molecule has 1 rings (SSSR count). The summed E-state index contributed by atoms with van der Waals surface area (Å²) in [6.45, 7) is -2.71. The number of Topliss-reactive ketones (excluding diaryl/α,β-unsaturated/α-hetero) is 1. The van der Waals surface area contributed by atoms with Crippen LogP contribution < -0.4 is 0 Å². The van der Waals surface area contributed by atoms with Crippen LogP contribution in [0.5, 0.6) is 0 Å². The fourth-order valence-electron chi connectivity index (χ4n) is 2.07. The van der Waals surface area contributed by atoms with Gasteiger partial charge in [0.25, 0.3) is 0 Å². The highest BCUT2D eigenvalue weighted by molar-refractivity contribution is 5.84. The van der Waals surface area contributed by atoms with Gasteiger partial charge in [0, 0.05) is 0 Å². The molecule has 0 saturated carbocycles. The summed E-state index contributed by atoms with van der Waals surface area (Å²) in [6.07, 6.45) is -13.9. The molecule has 1 heterocycles. The monoisotopic (exact) mass is 342 g/mol. The molecule has 0 aliphatic carbocycles. The van der Waals surface area contributed by atoms with Gasteiger partial charge in [0.05, 0.1) is 13.2 Å². The summed E-state index contributed by atoms with van der Waals surface area (Å²) in [6, 6.07) is 0. The molecule has 0 aromatic rings. The smallest absolute Gasteiger partial charge is 0.189 e. The lowest BCUT2D eigenvalue weighted by Gasteiger charge is -2.41. The standard InChI is InChI=1S/C12H22O11/c13-1-4(16)7(18)11(5(17)2-14)23-12-10(21)9(20)8(19)6(3-15)22-12/h4,6-16,18-21H,1-3H2/t4-,6-,7-,8+,9+,10-,11-,12+/m0/s1. The zero-order valence-corrected chi connectivity index (χ0v) is 12.0. The molecule has 1 saturated heterocycles. The molecule has 0 aromatic carbocycles. The van der Waals surface area contributed by atoms with Gasteiger partial charge in [-0.1, -0.05) is 0 Å². The van der Waals surface area contributed by atoms with E-state index in [1.165, 1.54) is 0 Å². The third-order valence-electron chi connectivity index (χ3n) is 3.49. The van der Waals surface area contributed by atoms with Gasteiger partial charge in [-0.25, -0.2) is 0 Å². The second-order valence-electron chi connectivity index (χ2n) is 5.12.